The first kappa shape index (κ1) is 10.2. The lowest BCUT2D eigenvalue weighted by atomic mass is 10.2. The average molecular weight is 221 g/mol. The van der Waals surface area contributed by atoms with Crippen molar-refractivity contribution in [2.75, 3.05) is 12.8 Å². The number of ether oxygens (including phenoxy) is 1. The van der Waals surface area contributed by atoms with E-state index in [-0.39, 0.29) is 17.8 Å². The van der Waals surface area contributed by atoms with E-state index in [1.807, 2.05) is 0 Å². The van der Waals surface area contributed by atoms with Crippen LogP contribution in [0.15, 0.2) is 18.5 Å². The second-order valence-corrected chi connectivity index (χ2v) is 2.90. The molecule has 0 aliphatic rings. The van der Waals surface area contributed by atoms with E-state index in [0.717, 1.165) is 6.20 Å². The van der Waals surface area contributed by atoms with Crippen molar-refractivity contribution in [2.45, 2.75) is 0 Å². The first-order valence-corrected chi connectivity index (χ1v) is 4.35. The molecular formula is C9H8FN5O. The highest BCUT2D eigenvalue weighted by Gasteiger charge is 2.07. The number of hydrogen-bond acceptors (Lipinski definition) is 6. The summed E-state index contributed by atoms with van der Waals surface area (Å²) in [6.45, 7) is 0. The highest BCUT2D eigenvalue weighted by atomic mass is 19.1. The van der Waals surface area contributed by atoms with Crippen molar-refractivity contribution in [3.63, 3.8) is 0 Å². The van der Waals surface area contributed by atoms with Gasteiger partial charge >= 0.3 is 6.01 Å². The van der Waals surface area contributed by atoms with Crippen LogP contribution in [-0.2, 0) is 0 Å². The molecule has 0 aliphatic carbocycles. The number of halogens is 1. The van der Waals surface area contributed by atoms with Gasteiger partial charge in [0.15, 0.2) is 5.82 Å². The van der Waals surface area contributed by atoms with E-state index in [0.29, 0.717) is 5.56 Å². The highest BCUT2D eigenvalue weighted by molar-refractivity contribution is 5.54. The van der Waals surface area contributed by atoms with Crippen LogP contribution in [0.2, 0.25) is 0 Å². The summed E-state index contributed by atoms with van der Waals surface area (Å²) in [7, 11) is 1.41. The summed E-state index contributed by atoms with van der Waals surface area (Å²) in [6.07, 6.45) is 2.52. The van der Waals surface area contributed by atoms with Crippen LogP contribution in [0.4, 0.5) is 10.3 Å². The van der Waals surface area contributed by atoms with Crippen LogP contribution in [0.3, 0.4) is 0 Å². The van der Waals surface area contributed by atoms with Crippen molar-refractivity contribution < 1.29 is 9.13 Å². The third-order valence-corrected chi connectivity index (χ3v) is 1.78. The zero-order valence-electron chi connectivity index (χ0n) is 8.38. The molecule has 0 bridgehead atoms. The number of nitrogen functional groups attached to an aromatic ring is 1. The van der Waals surface area contributed by atoms with Crippen molar-refractivity contribution in [1.82, 2.24) is 19.9 Å². The number of methoxy groups -OCH3 is 1. The lowest BCUT2D eigenvalue weighted by Gasteiger charge is -2.03. The van der Waals surface area contributed by atoms with Crippen LogP contribution < -0.4 is 10.5 Å². The third-order valence-electron chi connectivity index (χ3n) is 1.78. The van der Waals surface area contributed by atoms with Gasteiger partial charge in [0.1, 0.15) is 5.82 Å². The molecule has 16 heavy (non-hydrogen) atoms. The normalized spacial score (nSPS) is 10.1. The quantitative estimate of drug-likeness (QED) is 0.801. The van der Waals surface area contributed by atoms with Gasteiger partial charge in [-0.05, 0) is 6.07 Å². The smallest absolute Gasteiger partial charge is 0.321 e. The van der Waals surface area contributed by atoms with Crippen LogP contribution >= 0.6 is 0 Å². The van der Waals surface area contributed by atoms with Crippen molar-refractivity contribution in [2.24, 2.45) is 0 Å². The van der Waals surface area contributed by atoms with E-state index >= 15 is 0 Å². The lowest BCUT2D eigenvalue weighted by Crippen LogP contribution is -2.02. The molecule has 2 rings (SSSR count). The molecule has 0 saturated heterocycles. The molecule has 0 fully saturated rings. The molecule has 7 heteroatoms. The van der Waals surface area contributed by atoms with E-state index < -0.39 is 5.82 Å². The maximum absolute atomic E-state index is 12.9. The molecule has 0 saturated carbocycles. The second kappa shape index (κ2) is 4.05. The predicted molar refractivity (Wildman–Crippen MR) is 54.0 cm³/mol. The summed E-state index contributed by atoms with van der Waals surface area (Å²) >= 11 is 0. The molecule has 0 radical (unpaired) electrons. The summed E-state index contributed by atoms with van der Waals surface area (Å²) in [6, 6.07) is 1.33. The average Bonchev–Trinajstić information content (AvgIpc) is 2.28. The topological polar surface area (TPSA) is 86.8 Å². The minimum absolute atomic E-state index is 0.00566. The molecule has 0 aromatic carbocycles. The number of hydrogen-bond donors (Lipinski definition) is 1. The molecule has 82 valence electrons. The number of rotatable bonds is 2. The number of nitrogens with two attached hydrogens (primary N) is 1. The first-order chi connectivity index (χ1) is 7.69. The molecular weight excluding hydrogens is 213 g/mol. The van der Waals surface area contributed by atoms with Gasteiger partial charge in [0.05, 0.1) is 13.3 Å². The number of anilines is 1. The fraction of sp³-hybridized carbons (Fsp3) is 0.111. The summed E-state index contributed by atoms with van der Waals surface area (Å²) in [5.41, 5.74) is 5.86. The van der Waals surface area contributed by atoms with Crippen molar-refractivity contribution in [1.29, 1.82) is 0 Å². The summed E-state index contributed by atoms with van der Waals surface area (Å²) in [5.74, 6) is -0.252. The standard InChI is InChI=1S/C9H8FN5O/c1-16-9-14-7(13-8(11)15-9)5-2-6(10)4-12-3-5/h2-4H,1H3,(H2,11,13,14,15). The van der Waals surface area contributed by atoms with Crippen LogP contribution in [0.5, 0.6) is 6.01 Å². The summed E-state index contributed by atoms with van der Waals surface area (Å²) in [4.78, 5) is 15.2. The number of nitrogens with zero attached hydrogens (tertiary/aromatic N) is 4. The van der Waals surface area contributed by atoms with Crippen LogP contribution in [0, 0.1) is 5.82 Å². The van der Waals surface area contributed by atoms with Gasteiger partial charge in [-0.25, -0.2) is 4.39 Å². The van der Waals surface area contributed by atoms with Crippen molar-refractivity contribution in [3.8, 4) is 17.4 Å². The Kier molecular flexibility index (Phi) is 2.59. The maximum atomic E-state index is 12.9. The Bertz CT molecular complexity index is 519. The Morgan fingerprint density at radius 3 is 2.75 bits per heavy atom. The Balaban J connectivity index is 2.51. The Hall–Kier alpha value is -2.31. The van der Waals surface area contributed by atoms with E-state index in [2.05, 4.69) is 19.9 Å². The molecule has 0 spiro atoms. The monoisotopic (exact) mass is 221 g/mol. The molecule has 0 aliphatic heterocycles. The molecule has 6 nitrogen and oxygen atoms in total. The van der Waals surface area contributed by atoms with Gasteiger partial charge in [-0.2, -0.15) is 15.0 Å². The molecule has 2 aromatic rings. The minimum atomic E-state index is -0.476. The summed E-state index contributed by atoms with van der Waals surface area (Å²) in [5, 5.41) is 0. The van der Waals surface area contributed by atoms with E-state index in [1.54, 1.807) is 0 Å². The van der Waals surface area contributed by atoms with Crippen LogP contribution in [0.1, 0.15) is 0 Å². The SMILES string of the molecule is COc1nc(N)nc(-c2cncc(F)c2)n1. The fourth-order valence-electron chi connectivity index (χ4n) is 1.13. The van der Waals surface area contributed by atoms with Crippen LogP contribution in [-0.4, -0.2) is 27.0 Å². The number of aromatic nitrogens is 4. The minimum Gasteiger partial charge on any atom is -0.467 e. The molecule has 0 atom stereocenters. The second-order valence-electron chi connectivity index (χ2n) is 2.90. The Morgan fingerprint density at radius 1 is 1.25 bits per heavy atom. The maximum Gasteiger partial charge on any atom is 0.321 e. The van der Waals surface area contributed by atoms with Gasteiger partial charge < -0.3 is 10.5 Å². The van der Waals surface area contributed by atoms with E-state index in [9.17, 15) is 4.39 Å². The first-order valence-electron chi connectivity index (χ1n) is 4.35. The van der Waals surface area contributed by atoms with Crippen molar-refractivity contribution in [3.05, 3.63) is 24.3 Å². The van der Waals surface area contributed by atoms with Gasteiger partial charge in [0, 0.05) is 11.8 Å². The van der Waals surface area contributed by atoms with Gasteiger partial charge in [-0.15, -0.1) is 0 Å². The molecule has 2 aromatic heterocycles. The molecule has 2 heterocycles. The molecule has 0 unspecified atom stereocenters. The number of pyridine rings is 1. The Morgan fingerprint density at radius 2 is 2.06 bits per heavy atom. The highest BCUT2D eigenvalue weighted by Crippen LogP contribution is 2.17. The van der Waals surface area contributed by atoms with E-state index in [4.69, 9.17) is 10.5 Å². The van der Waals surface area contributed by atoms with Crippen molar-refractivity contribution >= 4 is 5.95 Å². The Labute approximate surface area is 90.4 Å². The largest absolute Gasteiger partial charge is 0.467 e. The van der Waals surface area contributed by atoms with Gasteiger partial charge in [0.25, 0.3) is 0 Å². The van der Waals surface area contributed by atoms with Gasteiger partial charge in [0.2, 0.25) is 5.95 Å². The van der Waals surface area contributed by atoms with Gasteiger partial charge in [-0.1, -0.05) is 0 Å². The zero-order valence-corrected chi connectivity index (χ0v) is 8.38. The molecule has 0 amide bonds. The van der Waals surface area contributed by atoms with Crippen LogP contribution in [0.25, 0.3) is 11.4 Å². The molecule has 2 N–H and O–H groups in total. The fourth-order valence-corrected chi connectivity index (χ4v) is 1.13. The van der Waals surface area contributed by atoms with E-state index in [1.165, 1.54) is 19.4 Å². The third kappa shape index (κ3) is 2.02. The predicted octanol–water partition coefficient (Wildman–Crippen LogP) is 0.663. The van der Waals surface area contributed by atoms with Gasteiger partial charge in [-0.3, -0.25) is 4.98 Å². The zero-order chi connectivity index (χ0) is 11.5. The lowest BCUT2D eigenvalue weighted by molar-refractivity contribution is 0.379. The summed E-state index contributed by atoms with van der Waals surface area (Å²) < 4.78 is 17.8.